The van der Waals surface area contributed by atoms with Gasteiger partial charge in [-0.1, -0.05) is 56.3 Å². The average molecular weight is 549 g/mol. The largest absolute Gasteiger partial charge is 0.465 e. The summed E-state index contributed by atoms with van der Waals surface area (Å²) in [5.41, 5.74) is 0.743. The van der Waals surface area contributed by atoms with Crippen LogP contribution < -0.4 is 15.8 Å². The highest BCUT2D eigenvalue weighted by Gasteiger charge is 2.69. The van der Waals surface area contributed by atoms with Crippen molar-refractivity contribution < 1.29 is 19.1 Å². The van der Waals surface area contributed by atoms with E-state index in [0.717, 1.165) is 10.5 Å². The number of aromatic nitrogens is 2. The minimum atomic E-state index is -1.23. The van der Waals surface area contributed by atoms with Crippen LogP contribution in [0.5, 0.6) is 0 Å². The number of benzene rings is 3. The van der Waals surface area contributed by atoms with Crippen molar-refractivity contribution in [3.8, 4) is 5.69 Å². The zero-order chi connectivity index (χ0) is 28.6. The van der Waals surface area contributed by atoms with Crippen molar-refractivity contribution in [3.05, 3.63) is 100 Å². The molecular formula is C32H28N4O5. The van der Waals surface area contributed by atoms with E-state index >= 15 is 0 Å². The van der Waals surface area contributed by atoms with Gasteiger partial charge >= 0.3 is 5.97 Å². The molecule has 0 radical (unpaired) electrons. The molecular weight excluding hydrogens is 520 g/mol. The quantitative estimate of drug-likeness (QED) is 0.307. The Hall–Kier alpha value is -4.63. The second-order valence-electron chi connectivity index (χ2n) is 11.3. The Morgan fingerprint density at radius 3 is 2.39 bits per heavy atom. The molecule has 7 rings (SSSR count). The summed E-state index contributed by atoms with van der Waals surface area (Å²) < 4.78 is 6.55. The molecule has 9 heteroatoms. The Bertz CT molecular complexity index is 1850. The van der Waals surface area contributed by atoms with Crippen LogP contribution in [0.3, 0.4) is 0 Å². The smallest absolute Gasteiger partial charge is 0.339 e. The molecule has 4 heterocycles. The molecule has 3 aliphatic heterocycles. The summed E-state index contributed by atoms with van der Waals surface area (Å²) in [5, 5.41) is 4.17. The molecule has 0 saturated carbocycles. The number of imide groups is 1. The van der Waals surface area contributed by atoms with Gasteiger partial charge in [-0.05, 0) is 42.7 Å². The summed E-state index contributed by atoms with van der Waals surface area (Å²) in [6, 6.07) is 20.7. The van der Waals surface area contributed by atoms with Gasteiger partial charge in [0.15, 0.2) is 0 Å². The summed E-state index contributed by atoms with van der Waals surface area (Å²) in [6.07, 6.45) is 0.619. The Morgan fingerprint density at radius 1 is 0.951 bits per heavy atom. The van der Waals surface area contributed by atoms with E-state index in [0.29, 0.717) is 28.8 Å². The van der Waals surface area contributed by atoms with E-state index in [1.807, 2.05) is 30.3 Å². The number of carbonyl (C=O) groups is 3. The molecule has 206 valence electrons. The molecule has 0 bridgehead atoms. The summed E-state index contributed by atoms with van der Waals surface area (Å²) >= 11 is 0. The van der Waals surface area contributed by atoms with E-state index in [-0.39, 0.29) is 34.7 Å². The monoisotopic (exact) mass is 548 g/mol. The highest BCUT2D eigenvalue weighted by atomic mass is 16.5. The van der Waals surface area contributed by atoms with E-state index in [1.165, 1.54) is 7.11 Å². The molecule has 3 aliphatic rings. The minimum Gasteiger partial charge on any atom is -0.465 e. The van der Waals surface area contributed by atoms with Crippen molar-refractivity contribution in [1.82, 2.24) is 14.9 Å². The van der Waals surface area contributed by atoms with Gasteiger partial charge in [-0.2, -0.15) is 0 Å². The van der Waals surface area contributed by atoms with Crippen molar-refractivity contribution in [2.75, 3.05) is 12.0 Å². The second kappa shape index (κ2) is 8.94. The fourth-order valence-electron chi connectivity index (χ4n) is 7.12. The number of hydrogen-bond acceptors (Lipinski definition) is 7. The first kappa shape index (κ1) is 25.3. The summed E-state index contributed by atoms with van der Waals surface area (Å²) in [5.74, 6) is -2.49. The third-order valence-corrected chi connectivity index (χ3v) is 8.64. The Balaban J connectivity index is 1.51. The van der Waals surface area contributed by atoms with Crippen molar-refractivity contribution >= 4 is 34.4 Å². The van der Waals surface area contributed by atoms with Crippen LogP contribution >= 0.6 is 0 Å². The van der Waals surface area contributed by atoms with E-state index in [1.54, 1.807) is 47.0 Å². The van der Waals surface area contributed by atoms with Crippen molar-refractivity contribution in [1.29, 1.82) is 0 Å². The molecule has 2 amide bonds. The molecule has 4 aromatic rings. The van der Waals surface area contributed by atoms with E-state index < -0.39 is 29.3 Å². The molecule has 1 spiro atoms. The first-order valence-electron chi connectivity index (χ1n) is 13.7. The SMILES string of the molecule is COC(=O)c1ccccc1N1C(=O)[C@H]2C(CC(C)C)NC3(c4ccccc4-n4c3nc3ccccc3c4=O)[C@H]2C1=O. The van der Waals surface area contributed by atoms with Gasteiger partial charge in [0.1, 0.15) is 11.4 Å². The predicted octanol–water partition coefficient (Wildman–Crippen LogP) is 3.55. The van der Waals surface area contributed by atoms with Crippen LogP contribution in [0, 0.1) is 17.8 Å². The third-order valence-electron chi connectivity index (χ3n) is 8.64. The molecule has 2 saturated heterocycles. The van der Waals surface area contributed by atoms with Gasteiger partial charge in [-0.15, -0.1) is 0 Å². The molecule has 9 nitrogen and oxygen atoms in total. The van der Waals surface area contributed by atoms with Crippen LogP contribution in [-0.2, 0) is 19.9 Å². The highest BCUT2D eigenvalue weighted by Crippen LogP contribution is 2.56. The molecule has 2 unspecified atom stereocenters. The number of esters is 1. The summed E-state index contributed by atoms with van der Waals surface area (Å²) in [6.45, 7) is 4.14. The molecule has 1 aromatic heterocycles. The first-order chi connectivity index (χ1) is 19.8. The number of fused-ring (bicyclic) bond motifs is 8. The van der Waals surface area contributed by atoms with Gasteiger partial charge in [-0.25, -0.2) is 14.7 Å². The maximum absolute atomic E-state index is 14.6. The lowest BCUT2D eigenvalue weighted by Gasteiger charge is -2.32. The number of amides is 2. The zero-order valence-electron chi connectivity index (χ0n) is 22.8. The third kappa shape index (κ3) is 3.29. The lowest BCUT2D eigenvalue weighted by molar-refractivity contribution is -0.123. The fourth-order valence-corrected chi connectivity index (χ4v) is 7.12. The van der Waals surface area contributed by atoms with Gasteiger partial charge in [0.25, 0.3) is 5.56 Å². The summed E-state index contributed by atoms with van der Waals surface area (Å²) in [7, 11) is 1.26. The number of hydrogen-bond donors (Lipinski definition) is 1. The van der Waals surface area contributed by atoms with Crippen LogP contribution in [0.15, 0.2) is 77.6 Å². The number of carbonyl (C=O) groups excluding carboxylic acids is 3. The highest BCUT2D eigenvalue weighted by molar-refractivity contribution is 6.25. The number of methoxy groups -OCH3 is 1. The fraction of sp³-hybridized carbons (Fsp3) is 0.281. The first-order valence-corrected chi connectivity index (χ1v) is 13.7. The Kier molecular flexibility index (Phi) is 5.53. The molecule has 3 aromatic carbocycles. The van der Waals surface area contributed by atoms with Crippen LogP contribution in [-0.4, -0.2) is 40.5 Å². The van der Waals surface area contributed by atoms with Gasteiger partial charge in [0, 0.05) is 11.6 Å². The number of nitrogens with zero attached hydrogens (tertiary/aromatic N) is 3. The van der Waals surface area contributed by atoms with Gasteiger partial charge in [0.05, 0.1) is 46.8 Å². The Morgan fingerprint density at radius 2 is 1.63 bits per heavy atom. The lowest BCUT2D eigenvalue weighted by Crippen LogP contribution is -2.50. The van der Waals surface area contributed by atoms with Gasteiger partial charge in [-0.3, -0.25) is 24.3 Å². The maximum atomic E-state index is 14.6. The number of nitrogens with one attached hydrogen (secondary N) is 1. The van der Waals surface area contributed by atoms with E-state index in [2.05, 4.69) is 19.2 Å². The second-order valence-corrected chi connectivity index (χ2v) is 11.3. The van der Waals surface area contributed by atoms with Gasteiger partial charge < -0.3 is 4.74 Å². The minimum absolute atomic E-state index is 0.131. The molecule has 41 heavy (non-hydrogen) atoms. The van der Waals surface area contributed by atoms with Crippen molar-refractivity contribution in [2.24, 2.45) is 17.8 Å². The van der Waals surface area contributed by atoms with E-state index in [9.17, 15) is 19.2 Å². The van der Waals surface area contributed by atoms with Crippen LogP contribution in [0.2, 0.25) is 0 Å². The van der Waals surface area contributed by atoms with Crippen molar-refractivity contribution in [2.45, 2.75) is 31.8 Å². The molecule has 4 atom stereocenters. The van der Waals surface area contributed by atoms with Crippen LogP contribution in [0.1, 0.15) is 42.0 Å². The normalized spacial score (nSPS) is 24.3. The number of rotatable bonds is 4. The summed E-state index contributed by atoms with van der Waals surface area (Å²) in [4.78, 5) is 61.7. The number of para-hydroxylation sites is 3. The average Bonchev–Trinajstić information content (AvgIpc) is 3.55. The van der Waals surface area contributed by atoms with Crippen LogP contribution in [0.25, 0.3) is 16.6 Å². The van der Waals surface area contributed by atoms with E-state index in [4.69, 9.17) is 9.72 Å². The topological polar surface area (TPSA) is 111 Å². The standard InChI is InChI=1S/C32H28N4O5/c1-17(2)16-22-25-26(29(39)35(28(25)38)23-14-8-5-11-19(23)30(40)41-3)32(34-22)20-12-6-9-15-24(20)36-27(37)18-10-4-7-13-21(18)33-31(32)36/h4-15,17,22,25-26,34H,16H2,1-3H3/t22?,25-,26+,32?/m0/s1. The molecule has 1 N–H and O–H groups in total. The van der Waals surface area contributed by atoms with Crippen LogP contribution in [0.4, 0.5) is 5.69 Å². The zero-order valence-corrected chi connectivity index (χ0v) is 22.8. The lowest BCUT2D eigenvalue weighted by atomic mass is 9.75. The van der Waals surface area contributed by atoms with Gasteiger partial charge in [0.2, 0.25) is 11.8 Å². The number of anilines is 1. The Labute approximate surface area is 235 Å². The predicted molar refractivity (Wildman–Crippen MR) is 152 cm³/mol. The molecule has 0 aliphatic carbocycles. The van der Waals surface area contributed by atoms with Crippen molar-refractivity contribution in [3.63, 3.8) is 0 Å². The molecule has 2 fully saturated rings. The maximum Gasteiger partial charge on any atom is 0.339 e. The number of ether oxygens (including phenoxy) is 1.